The fourth-order valence-corrected chi connectivity index (χ4v) is 2.61. The summed E-state index contributed by atoms with van der Waals surface area (Å²) in [5.41, 5.74) is 1.44. The average molecular weight is 343 g/mol. The van der Waals surface area contributed by atoms with Gasteiger partial charge in [0.2, 0.25) is 5.91 Å². The van der Waals surface area contributed by atoms with Crippen molar-refractivity contribution in [3.8, 4) is 0 Å². The van der Waals surface area contributed by atoms with Gasteiger partial charge in [-0.25, -0.2) is 4.79 Å². The van der Waals surface area contributed by atoms with Crippen molar-refractivity contribution in [1.82, 2.24) is 15.0 Å². The van der Waals surface area contributed by atoms with Gasteiger partial charge < -0.3 is 14.2 Å². The summed E-state index contributed by atoms with van der Waals surface area (Å²) in [6.45, 7) is 5.23. The highest BCUT2D eigenvalue weighted by Gasteiger charge is 2.20. The van der Waals surface area contributed by atoms with Crippen molar-refractivity contribution < 1.29 is 18.8 Å². The summed E-state index contributed by atoms with van der Waals surface area (Å²) in [7, 11) is 0. The Balaban J connectivity index is 1.54. The number of aromatic nitrogens is 2. The number of carbonyl (C=O) groups excluding carboxylic acids is 2. The van der Waals surface area contributed by atoms with Gasteiger partial charge in [0.05, 0.1) is 5.56 Å². The summed E-state index contributed by atoms with van der Waals surface area (Å²) < 4.78 is 10.2. The molecule has 1 aromatic carbocycles. The molecule has 2 heterocycles. The van der Waals surface area contributed by atoms with Crippen LogP contribution in [-0.2, 0) is 22.7 Å². The van der Waals surface area contributed by atoms with Crippen molar-refractivity contribution in [1.29, 1.82) is 0 Å². The Morgan fingerprint density at radius 1 is 1.32 bits per heavy atom. The zero-order valence-corrected chi connectivity index (χ0v) is 14.4. The smallest absolute Gasteiger partial charge is 0.338 e. The third kappa shape index (κ3) is 4.23. The molecule has 3 rings (SSSR count). The van der Waals surface area contributed by atoms with E-state index in [2.05, 4.69) is 10.1 Å². The maximum absolute atomic E-state index is 12.1. The third-order valence-corrected chi connectivity index (χ3v) is 4.06. The number of rotatable bonds is 6. The molecule has 7 nitrogen and oxygen atoms in total. The van der Waals surface area contributed by atoms with Gasteiger partial charge in [-0.3, -0.25) is 4.79 Å². The minimum absolute atomic E-state index is 0.0530. The molecule has 1 fully saturated rings. The van der Waals surface area contributed by atoms with Crippen LogP contribution in [-0.4, -0.2) is 33.5 Å². The molecule has 0 aliphatic carbocycles. The zero-order chi connectivity index (χ0) is 17.8. The lowest BCUT2D eigenvalue weighted by molar-refractivity contribution is -0.128. The van der Waals surface area contributed by atoms with Crippen molar-refractivity contribution in [3.63, 3.8) is 0 Å². The number of nitrogens with zero attached hydrogens (tertiary/aromatic N) is 3. The second kappa shape index (κ2) is 7.46. The molecule has 1 aromatic heterocycles. The van der Waals surface area contributed by atoms with Gasteiger partial charge in [0.1, 0.15) is 0 Å². The number of carbonyl (C=O) groups is 2. The van der Waals surface area contributed by atoms with E-state index in [1.54, 1.807) is 12.1 Å². The van der Waals surface area contributed by atoms with Gasteiger partial charge in [0.25, 0.3) is 5.89 Å². The van der Waals surface area contributed by atoms with Crippen molar-refractivity contribution >= 4 is 11.9 Å². The van der Waals surface area contributed by atoms with Crippen LogP contribution in [0.1, 0.15) is 60.2 Å². The Hall–Kier alpha value is -2.70. The molecule has 1 saturated heterocycles. The van der Waals surface area contributed by atoms with E-state index in [0.717, 1.165) is 18.5 Å². The molecule has 1 amide bonds. The highest BCUT2D eigenvalue weighted by atomic mass is 16.6. The quantitative estimate of drug-likeness (QED) is 0.750. The monoisotopic (exact) mass is 343 g/mol. The SMILES string of the molecule is CC(C)c1noc(COC(=O)c2ccc(CN3CCCC3=O)cc2)n1. The molecule has 0 atom stereocenters. The molecule has 7 heteroatoms. The van der Waals surface area contributed by atoms with Gasteiger partial charge >= 0.3 is 5.97 Å². The number of likely N-dealkylation sites (tertiary alicyclic amines) is 1. The average Bonchev–Trinajstić information content (AvgIpc) is 3.23. The van der Waals surface area contributed by atoms with Crippen LogP contribution in [0.25, 0.3) is 0 Å². The first-order valence-corrected chi connectivity index (χ1v) is 8.39. The molecule has 2 aromatic rings. The maximum atomic E-state index is 12.1. The Labute approximate surface area is 146 Å². The minimum atomic E-state index is -0.451. The normalized spacial score (nSPS) is 14.4. The van der Waals surface area contributed by atoms with Gasteiger partial charge in [-0.15, -0.1) is 0 Å². The van der Waals surface area contributed by atoms with Crippen molar-refractivity contribution in [2.24, 2.45) is 0 Å². The number of esters is 1. The Morgan fingerprint density at radius 2 is 2.08 bits per heavy atom. The fourth-order valence-electron chi connectivity index (χ4n) is 2.61. The van der Waals surface area contributed by atoms with Gasteiger partial charge in [0, 0.05) is 25.4 Å². The van der Waals surface area contributed by atoms with Crippen LogP contribution in [0.3, 0.4) is 0 Å². The first-order valence-electron chi connectivity index (χ1n) is 8.39. The largest absolute Gasteiger partial charge is 0.452 e. The molecule has 25 heavy (non-hydrogen) atoms. The van der Waals surface area contributed by atoms with Crippen LogP contribution in [0.5, 0.6) is 0 Å². The van der Waals surface area contributed by atoms with Crippen molar-refractivity contribution in [2.45, 2.75) is 45.8 Å². The Kier molecular flexibility index (Phi) is 5.11. The van der Waals surface area contributed by atoms with E-state index in [1.165, 1.54) is 0 Å². The van der Waals surface area contributed by atoms with E-state index in [0.29, 0.717) is 24.4 Å². The number of hydrogen-bond acceptors (Lipinski definition) is 6. The van der Waals surface area contributed by atoms with Gasteiger partial charge in [-0.05, 0) is 24.1 Å². The summed E-state index contributed by atoms with van der Waals surface area (Å²) in [4.78, 5) is 29.7. The molecule has 0 bridgehead atoms. The molecule has 132 valence electrons. The molecule has 0 radical (unpaired) electrons. The highest BCUT2D eigenvalue weighted by Crippen LogP contribution is 2.15. The standard InChI is InChI=1S/C18H21N3O4/c1-12(2)17-19-15(25-20-17)11-24-18(23)14-7-5-13(6-8-14)10-21-9-3-4-16(21)22/h5-8,12H,3-4,9-11H2,1-2H3. The molecule has 0 spiro atoms. The van der Waals surface area contributed by atoms with Gasteiger partial charge in [0.15, 0.2) is 12.4 Å². The third-order valence-electron chi connectivity index (χ3n) is 4.06. The molecule has 1 aliphatic rings. The van der Waals surface area contributed by atoms with E-state index >= 15 is 0 Å². The highest BCUT2D eigenvalue weighted by molar-refractivity contribution is 5.89. The van der Waals surface area contributed by atoms with Crippen LogP contribution < -0.4 is 0 Å². The van der Waals surface area contributed by atoms with Crippen LogP contribution in [0.15, 0.2) is 28.8 Å². The molecule has 0 N–H and O–H groups in total. The molecule has 0 saturated carbocycles. The van der Waals surface area contributed by atoms with E-state index in [1.807, 2.05) is 30.9 Å². The van der Waals surface area contributed by atoms with E-state index in [4.69, 9.17) is 9.26 Å². The molecule has 1 aliphatic heterocycles. The lowest BCUT2D eigenvalue weighted by Gasteiger charge is -2.15. The second-order valence-electron chi connectivity index (χ2n) is 6.39. The number of amides is 1. The zero-order valence-electron chi connectivity index (χ0n) is 14.4. The van der Waals surface area contributed by atoms with Crippen molar-refractivity contribution in [2.75, 3.05) is 6.54 Å². The first kappa shape index (κ1) is 17.1. The summed E-state index contributed by atoms with van der Waals surface area (Å²) in [6, 6.07) is 7.08. The van der Waals surface area contributed by atoms with E-state index in [9.17, 15) is 9.59 Å². The minimum Gasteiger partial charge on any atom is -0.452 e. The summed E-state index contributed by atoms with van der Waals surface area (Å²) in [5.74, 6) is 0.758. The van der Waals surface area contributed by atoms with Crippen LogP contribution in [0.2, 0.25) is 0 Å². The Morgan fingerprint density at radius 3 is 2.68 bits per heavy atom. The van der Waals surface area contributed by atoms with E-state index in [-0.39, 0.29) is 24.3 Å². The predicted molar refractivity (Wildman–Crippen MR) is 88.6 cm³/mol. The fraction of sp³-hybridized carbons (Fsp3) is 0.444. The summed E-state index contributed by atoms with van der Waals surface area (Å²) >= 11 is 0. The lowest BCUT2D eigenvalue weighted by atomic mass is 10.1. The number of hydrogen-bond donors (Lipinski definition) is 0. The number of benzene rings is 1. The van der Waals surface area contributed by atoms with E-state index < -0.39 is 5.97 Å². The topological polar surface area (TPSA) is 85.5 Å². The number of ether oxygens (including phenoxy) is 1. The van der Waals surface area contributed by atoms with Gasteiger partial charge in [-0.1, -0.05) is 31.1 Å². The molecule has 0 unspecified atom stereocenters. The first-order chi connectivity index (χ1) is 12.0. The predicted octanol–water partition coefficient (Wildman–Crippen LogP) is 2.67. The van der Waals surface area contributed by atoms with Gasteiger partial charge in [-0.2, -0.15) is 4.98 Å². The van der Waals surface area contributed by atoms with Crippen molar-refractivity contribution in [3.05, 3.63) is 47.1 Å². The summed E-state index contributed by atoms with van der Waals surface area (Å²) in [5, 5.41) is 3.82. The lowest BCUT2D eigenvalue weighted by Crippen LogP contribution is -2.23. The van der Waals surface area contributed by atoms with Crippen LogP contribution >= 0.6 is 0 Å². The maximum Gasteiger partial charge on any atom is 0.338 e. The molecular weight excluding hydrogens is 322 g/mol. The summed E-state index contributed by atoms with van der Waals surface area (Å²) in [6.07, 6.45) is 1.54. The Bertz CT molecular complexity index is 752. The molecular formula is C18H21N3O4. The van der Waals surface area contributed by atoms with Crippen LogP contribution in [0.4, 0.5) is 0 Å². The second-order valence-corrected chi connectivity index (χ2v) is 6.39. The van der Waals surface area contributed by atoms with Crippen LogP contribution in [0, 0.1) is 0 Å².